The van der Waals surface area contributed by atoms with Crippen LogP contribution in [-0.2, 0) is 10.1 Å². The Bertz CT molecular complexity index is 384. The fourth-order valence-electron chi connectivity index (χ4n) is 0.771. The first-order valence-corrected chi connectivity index (χ1v) is 4.63. The Hall–Kier alpha value is 0.870. The van der Waals surface area contributed by atoms with Gasteiger partial charge in [0.2, 0.25) is 0 Å². The van der Waals surface area contributed by atoms with Crippen LogP contribution in [0.1, 0.15) is 5.56 Å². The van der Waals surface area contributed by atoms with Gasteiger partial charge in [0.05, 0.1) is 4.90 Å². The first kappa shape index (κ1) is 17.3. The quantitative estimate of drug-likeness (QED) is 0.420. The normalized spacial score (nSPS) is 9.50. The molecule has 0 bridgehead atoms. The molecule has 3 nitrogen and oxygen atoms in total. The van der Waals surface area contributed by atoms with Crippen LogP contribution in [-0.4, -0.2) is 42.5 Å². The zero-order valence-electron chi connectivity index (χ0n) is 7.23. The Balaban J connectivity index is 0. The van der Waals surface area contributed by atoms with Crippen LogP contribution in [0.4, 0.5) is 0 Å². The molecule has 0 aliphatic rings. The molecule has 1 rings (SSSR count). The van der Waals surface area contributed by atoms with Crippen molar-refractivity contribution < 1.29 is 42.5 Å². The predicted octanol–water partition coefficient (Wildman–Crippen LogP) is -2.41. The van der Waals surface area contributed by atoms with Gasteiger partial charge in [-0.05, 0) is 17.7 Å². The molecule has 0 fully saturated rings. The summed E-state index contributed by atoms with van der Waals surface area (Å²) in [6.07, 6.45) is 1.57. The van der Waals surface area contributed by atoms with Gasteiger partial charge >= 0.3 is 59.1 Å². The summed E-state index contributed by atoms with van der Waals surface area (Å²) in [5.41, 5.74) is 0.780. The third-order valence-electron chi connectivity index (χ3n) is 1.40. The zero-order chi connectivity index (χ0) is 9.19. The van der Waals surface area contributed by atoms with E-state index in [0.29, 0.717) is 0 Å². The molecule has 0 saturated carbocycles. The van der Waals surface area contributed by atoms with E-state index in [0.717, 1.165) is 5.56 Å². The molecular weight excluding hydrogens is 222 g/mol. The molecule has 0 atom stereocenters. The fourth-order valence-corrected chi connectivity index (χ4v) is 1.24. The summed E-state index contributed by atoms with van der Waals surface area (Å²) >= 11 is 0. The first-order valence-electron chi connectivity index (χ1n) is 3.22. The average molecular weight is 230 g/mol. The molecule has 1 aromatic carbocycles. The summed E-state index contributed by atoms with van der Waals surface area (Å²) in [4.78, 5) is -0.215. The van der Waals surface area contributed by atoms with Crippen molar-refractivity contribution >= 4 is 45.8 Å². The minimum absolute atomic E-state index is 0. The molecule has 6 heteroatoms. The first-order chi connectivity index (χ1) is 5.54. The van der Waals surface area contributed by atoms with Crippen molar-refractivity contribution in [2.75, 3.05) is 0 Å². The van der Waals surface area contributed by atoms with E-state index in [1.807, 2.05) is 0 Å². The van der Waals surface area contributed by atoms with Crippen molar-refractivity contribution in [3.8, 4) is 0 Å². The van der Waals surface area contributed by atoms with E-state index in [1.54, 1.807) is 6.08 Å². The van der Waals surface area contributed by atoms with Gasteiger partial charge in [-0.25, -0.2) is 8.42 Å². The van der Waals surface area contributed by atoms with Crippen LogP contribution in [0.2, 0.25) is 0 Å². The van der Waals surface area contributed by atoms with Crippen molar-refractivity contribution in [1.82, 2.24) is 0 Å². The van der Waals surface area contributed by atoms with Crippen LogP contribution in [0.3, 0.4) is 0 Å². The molecule has 0 aliphatic carbocycles. The maximum absolute atomic E-state index is 10.5. The van der Waals surface area contributed by atoms with Crippen LogP contribution in [0.15, 0.2) is 35.7 Å². The number of hydrogen-bond donors (Lipinski definition) is 0. The summed E-state index contributed by atoms with van der Waals surface area (Å²) in [5.74, 6) is 0. The van der Waals surface area contributed by atoms with Gasteiger partial charge in [0.15, 0.2) is 0 Å². The average Bonchev–Trinajstić information content (AvgIpc) is 2.03. The predicted molar refractivity (Wildman–Crippen MR) is 51.6 cm³/mol. The molecule has 0 aromatic heterocycles. The van der Waals surface area contributed by atoms with Gasteiger partial charge in [-0.2, -0.15) is 0 Å². The summed E-state index contributed by atoms with van der Waals surface area (Å²) in [6.45, 7) is 3.50. The van der Waals surface area contributed by atoms with Crippen LogP contribution in [0.25, 0.3) is 6.08 Å². The van der Waals surface area contributed by atoms with E-state index in [2.05, 4.69) is 6.58 Å². The van der Waals surface area contributed by atoms with Crippen molar-refractivity contribution in [2.24, 2.45) is 0 Å². The molecule has 0 aliphatic heterocycles. The second-order valence-electron chi connectivity index (χ2n) is 2.23. The third kappa shape index (κ3) is 5.09. The van der Waals surface area contributed by atoms with Gasteiger partial charge in [0.25, 0.3) is 0 Å². The van der Waals surface area contributed by atoms with Gasteiger partial charge < -0.3 is 4.55 Å². The Kier molecular flexibility index (Phi) is 8.87. The van der Waals surface area contributed by atoms with E-state index in [9.17, 15) is 13.0 Å². The molecule has 0 spiro atoms. The minimum atomic E-state index is -4.31. The van der Waals surface area contributed by atoms with E-state index in [-0.39, 0.29) is 64.0 Å². The van der Waals surface area contributed by atoms with Crippen LogP contribution in [0.5, 0.6) is 0 Å². The SMILES string of the molecule is C=Cc1ccc(S(=O)(=O)[O-])cc1.[Na+].[NaH]. The van der Waals surface area contributed by atoms with Crippen LogP contribution >= 0.6 is 0 Å². The second-order valence-corrected chi connectivity index (χ2v) is 3.61. The standard InChI is InChI=1S/C8H8O3S.2Na.H/c1-2-7-3-5-8(6-4-7)12(9,10)11;;;/h2-6H,1H2,(H,9,10,11);;;/q;;+1;/p-1. The summed E-state index contributed by atoms with van der Waals surface area (Å²) in [5, 5.41) is 0. The van der Waals surface area contributed by atoms with Crippen molar-refractivity contribution in [2.45, 2.75) is 4.90 Å². The number of benzene rings is 1. The van der Waals surface area contributed by atoms with E-state index in [4.69, 9.17) is 0 Å². The molecule has 0 amide bonds. The van der Waals surface area contributed by atoms with Crippen LogP contribution < -0.4 is 29.6 Å². The van der Waals surface area contributed by atoms with Gasteiger partial charge in [-0.1, -0.05) is 24.8 Å². The molecule has 0 N–H and O–H groups in total. The van der Waals surface area contributed by atoms with E-state index >= 15 is 0 Å². The summed E-state index contributed by atoms with van der Waals surface area (Å²) < 4.78 is 31.4. The van der Waals surface area contributed by atoms with Crippen molar-refractivity contribution in [3.05, 3.63) is 36.4 Å². The molecule has 0 saturated heterocycles. The molecule has 0 unspecified atom stereocenters. The second kappa shape index (κ2) is 7.19. The van der Waals surface area contributed by atoms with Crippen molar-refractivity contribution in [3.63, 3.8) is 0 Å². The Morgan fingerprint density at radius 2 is 1.64 bits per heavy atom. The molecule has 0 heterocycles. The van der Waals surface area contributed by atoms with Crippen LogP contribution in [0, 0.1) is 0 Å². The van der Waals surface area contributed by atoms with E-state index < -0.39 is 10.1 Å². The molecule has 1 aromatic rings. The van der Waals surface area contributed by atoms with Gasteiger partial charge in [-0.3, -0.25) is 0 Å². The van der Waals surface area contributed by atoms with Gasteiger partial charge in [0.1, 0.15) is 10.1 Å². The number of rotatable bonds is 2. The summed E-state index contributed by atoms with van der Waals surface area (Å²) in [7, 11) is -4.31. The molecular formula is C8H8Na2O3S. The maximum atomic E-state index is 10.5. The zero-order valence-corrected chi connectivity index (χ0v) is 10.0. The fraction of sp³-hybridized carbons (Fsp3) is 0. The Labute approximate surface area is 128 Å². The number of hydrogen-bond acceptors (Lipinski definition) is 3. The molecule has 0 radical (unpaired) electrons. The third-order valence-corrected chi connectivity index (χ3v) is 2.25. The Morgan fingerprint density at radius 3 is 1.93 bits per heavy atom. The molecule has 14 heavy (non-hydrogen) atoms. The van der Waals surface area contributed by atoms with Gasteiger partial charge in [-0.15, -0.1) is 0 Å². The Morgan fingerprint density at radius 1 is 1.21 bits per heavy atom. The van der Waals surface area contributed by atoms with Gasteiger partial charge in [0, 0.05) is 0 Å². The summed E-state index contributed by atoms with van der Waals surface area (Å²) in [6, 6.07) is 5.58. The monoisotopic (exact) mass is 230 g/mol. The molecule has 66 valence electrons. The van der Waals surface area contributed by atoms with E-state index in [1.165, 1.54) is 24.3 Å². The topological polar surface area (TPSA) is 57.2 Å². The van der Waals surface area contributed by atoms with Crippen molar-refractivity contribution in [1.29, 1.82) is 0 Å².